The Kier molecular flexibility index (Phi) is 5.53. The number of nitrogens with zero attached hydrogens (tertiary/aromatic N) is 1. The molecule has 2 aliphatic rings. The highest BCUT2D eigenvalue weighted by atomic mass is 16.4. The number of carbonyl (C=O) groups is 2. The summed E-state index contributed by atoms with van der Waals surface area (Å²) < 4.78 is 6.29. The van der Waals surface area contributed by atoms with Gasteiger partial charge in [0.15, 0.2) is 0 Å². The molecule has 6 nitrogen and oxygen atoms in total. The quantitative estimate of drug-likeness (QED) is 0.333. The molecule has 1 aliphatic heterocycles. The van der Waals surface area contributed by atoms with Crippen LogP contribution >= 0.6 is 0 Å². The molecule has 1 aliphatic carbocycles. The van der Waals surface area contributed by atoms with Crippen molar-refractivity contribution in [1.82, 2.24) is 0 Å². The second kappa shape index (κ2) is 8.30. The molecule has 0 atom stereocenters. The van der Waals surface area contributed by atoms with E-state index in [0.717, 1.165) is 45.0 Å². The molecule has 0 unspecified atom stereocenters. The fourth-order valence-corrected chi connectivity index (χ4v) is 4.12. The minimum atomic E-state index is -1.06. The van der Waals surface area contributed by atoms with E-state index in [9.17, 15) is 14.7 Å². The summed E-state index contributed by atoms with van der Waals surface area (Å²) in [5.74, 6) is -0.457. The fourth-order valence-electron chi connectivity index (χ4n) is 4.12. The van der Waals surface area contributed by atoms with Crippen LogP contribution in [0.3, 0.4) is 0 Å². The van der Waals surface area contributed by atoms with Gasteiger partial charge in [-0.1, -0.05) is 6.07 Å². The second-order valence-electron chi connectivity index (χ2n) is 7.73. The number of fused-ring (bicyclic) bond motifs is 2. The maximum absolute atomic E-state index is 12.1. The molecule has 2 aromatic carbocycles. The van der Waals surface area contributed by atoms with Crippen molar-refractivity contribution in [1.29, 1.82) is 0 Å². The zero-order valence-electron chi connectivity index (χ0n) is 18.4. The highest BCUT2D eigenvalue weighted by Gasteiger charge is 2.23. The summed E-state index contributed by atoms with van der Waals surface area (Å²) in [6.45, 7) is 6.56. The monoisotopic (exact) mass is 428 g/mol. The van der Waals surface area contributed by atoms with E-state index in [4.69, 9.17) is 4.42 Å². The van der Waals surface area contributed by atoms with E-state index < -0.39 is 5.97 Å². The lowest BCUT2D eigenvalue weighted by atomic mass is 9.88. The van der Waals surface area contributed by atoms with Gasteiger partial charge in [-0.3, -0.25) is 9.79 Å². The zero-order chi connectivity index (χ0) is 23.0. The van der Waals surface area contributed by atoms with Gasteiger partial charge in [0.25, 0.3) is 0 Å². The van der Waals surface area contributed by atoms with Gasteiger partial charge in [0.05, 0.1) is 10.9 Å². The fraction of sp³-hybridized carbons (Fsp3) is 0.192. The second-order valence-corrected chi connectivity index (χ2v) is 7.73. The van der Waals surface area contributed by atoms with E-state index in [2.05, 4.69) is 10.3 Å². The number of benzene rings is 3. The summed E-state index contributed by atoms with van der Waals surface area (Å²) >= 11 is 0. The summed E-state index contributed by atoms with van der Waals surface area (Å²) in [5.41, 5.74) is 5.98. The van der Waals surface area contributed by atoms with Crippen molar-refractivity contribution in [3.05, 3.63) is 70.1 Å². The number of carboxylic acids is 1. The molecule has 162 valence electrons. The molecule has 4 rings (SSSR count). The first-order valence-corrected chi connectivity index (χ1v) is 10.4. The number of hydrogen-bond acceptors (Lipinski definition) is 5. The normalized spacial score (nSPS) is 11.8. The van der Waals surface area contributed by atoms with Crippen molar-refractivity contribution in [2.75, 3.05) is 18.9 Å². The molecule has 0 fully saturated rings. The minimum absolute atomic E-state index is 0.125. The molecule has 0 bridgehead atoms. The molecule has 2 N–H and O–H groups in total. The van der Waals surface area contributed by atoms with Crippen LogP contribution in [0.15, 0.2) is 51.9 Å². The Balaban J connectivity index is 2.25. The van der Waals surface area contributed by atoms with Gasteiger partial charge in [-0.25, -0.2) is 4.79 Å². The minimum Gasteiger partial charge on any atom is -0.478 e. The van der Waals surface area contributed by atoms with Crippen LogP contribution in [-0.2, 0) is 0 Å². The van der Waals surface area contributed by atoms with Crippen LogP contribution in [-0.4, -0.2) is 31.0 Å². The predicted molar refractivity (Wildman–Crippen MR) is 126 cm³/mol. The first-order chi connectivity index (χ1) is 15.4. The Morgan fingerprint density at radius 2 is 1.88 bits per heavy atom. The van der Waals surface area contributed by atoms with Gasteiger partial charge in [-0.2, -0.15) is 0 Å². The Morgan fingerprint density at radius 3 is 2.53 bits per heavy atom. The number of anilines is 1. The van der Waals surface area contributed by atoms with Crippen LogP contribution in [0, 0.1) is 13.8 Å². The average molecular weight is 428 g/mol. The van der Waals surface area contributed by atoms with Crippen molar-refractivity contribution >= 4 is 28.9 Å². The molecule has 32 heavy (non-hydrogen) atoms. The molecule has 0 spiro atoms. The van der Waals surface area contributed by atoms with Crippen LogP contribution in [0.5, 0.6) is 0 Å². The number of aromatic carboxylic acids is 1. The zero-order valence-corrected chi connectivity index (χ0v) is 18.4. The van der Waals surface area contributed by atoms with E-state index in [1.807, 2.05) is 52.1 Å². The number of carboxylic acid groups (broad SMARTS) is 1. The van der Waals surface area contributed by atoms with E-state index in [0.29, 0.717) is 29.0 Å². The van der Waals surface area contributed by atoms with E-state index in [1.165, 1.54) is 12.1 Å². The van der Waals surface area contributed by atoms with Crippen molar-refractivity contribution in [3.63, 3.8) is 0 Å². The molecular formula is C26H24N2O4. The van der Waals surface area contributed by atoms with Crippen LogP contribution in [0.2, 0.25) is 0 Å². The summed E-state index contributed by atoms with van der Waals surface area (Å²) in [6, 6.07) is 12.4. The van der Waals surface area contributed by atoms with Gasteiger partial charge in [0.2, 0.25) is 0 Å². The first kappa shape index (κ1) is 21.3. The molecule has 2 aromatic rings. The largest absolute Gasteiger partial charge is 0.478 e. The molecule has 0 saturated heterocycles. The number of aldehydes is 1. The van der Waals surface area contributed by atoms with Crippen molar-refractivity contribution < 1.29 is 19.1 Å². The van der Waals surface area contributed by atoms with Gasteiger partial charge in [0.1, 0.15) is 17.6 Å². The summed E-state index contributed by atoms with van der Waals surface area (Å²) in [6.07, 6.45) is 0.723. The topological polar surface area (TPSA) is 91.9 Å². The van der Waals surface area contributed by atoms with Crippen LogP contribution < -0.4 is 10.7 Å². The third kappa shape index (κ3) is 3.54. The molecule has 6 heteroatoms. The summed E-state index contributed by atoms with van der Waals surface area (Å²) in [5, 5.41) is 14.7. The molecule has 0 aromatic heterocycles. The summed E-state index contributed by atoms with van der Waals surface area (Å²) in [4.78, 5) is 28.2. The molecule has 1 heterocycles. The third-order valence-corrected chi connectivity index (χ3v) is 5.66. The number of nitrogens with one attached hydrogen (secondary N) is 1. The van der Waals surface area contributed by atoms with Gasteiger partial charge in [-0.15, -0.1) is 0 Å². The van der Waals surface area contributed by atoms with Gasteiger partial charge < -0.3 is 14.8 Å². The maximum Gasteiger partial charge on any atom is 0.336 e. The van der Waals surface area contributed by atoms with E-state index >= 15 is 0 Å². The van der Waals surface area contributed by atoms with Crippen LogP contribution in [0.4, 0.5) is 5.69 Å². The lowest BCUT2D eigenvalue weighted by Gasteiger charge is -2.19. The van der Waals surface area contributed by atoms with Gasteiger partial charge >= 0.3 is 5.97 Å². The lowest BCUT2D eigenvalue weighted by molar-refractivity contribution is 0.0697. The molecule has 0 saturated carbocycles. The standard InChI is InChI=1S/C26H24N2O4/c1-5-28-22-12-24-20(9-15(22)3)25(18-10-16(13-29)6-7-17(18)26(30)31)19-8-14(2)21(27-4)11-23(19)32-24/h6-13,27H,5H2,1-4H3,(H,30,31)/b28-22-. The summed E-state index contributed by atoms with van der Waals surface area (Å²) in [7, 11) is 1.84. The van der Waals surface area contributed by atoms with Gasteiger partial charge in [-0.05, 0) is 61.7 Å². The molecule has 0 radical (unpaired) electrons. The maximum atomic E-state index is 12.1. The van der Waals surface area contributed by atoms with Crippen molar-refractivity contribution in [2.45, 2.75) is 20.8 Å². The lowest BCUT2D eigenvalue weighted by Crippen LogP contribution is -2.09. The number of rotatable bonds is 5. The third-order valence-electron chi connectivity index (χ3n) is 5.66. The Bertz CT molecular complexity index is 1420. The van der Waals surface area contributed by atoms with E-state index in [-0.39, 0.29) is 5.56 Å². The Morgan fingerprint density at radius 1 is 1.09 bits per heavy atom. The highest BCUT2D eigenvalue weighted by Crippen LogP contribution is 2.43. The molecule has 0 amide bonds. The Hall–Kier alpha value is -3.93. The highest BCUT2D eigenvalue weighted by molar-refractivity contribution is 6.08. The van der Waals surface area contributed by atoms with Crippen molar-refractivity contribution in [3.8, 4) is 22.5 Å². The average Bonchev–Trinajstić information content (AvgIpc) is 2.77. The Labute approximate surface area is 185 Å². The number of carbonyl (C=O) groups excluding carboxylic acids is 1. The predicted octanol–water partition coefficient (Wildman–Crippen LogP) is 5.29. The number of aryl methyl sites for hydroxylation is 2. The van der Waals surface area contributed by atoms with Crippen LogP contribution in [0.1, 0.15) is 38.8 Å². The van der Waals surface area contributed by atoms with Crippen molar-refractivity contribution in [2.24, 2.45) is 4.99 Å². The van der Waals surface area contributed by atoms with Crippen LogP contribution in [0.25, 0.3) is 33.4 Å². The SMILES string of the molecule is CC/N=c1/cc2oc3cc(NC)c(C)cc3c(-c3cc(C=O)ccc3C(=O)O)c-2cc1C. The number of hydrogen-bond donors (Lipinski definition) is 2. The van der Waals surface area contributed by atoms with E-state index in [1.54, 1.807) is 6.07 Å². The molecular weight excluding hydrogens is 404 g/mol. The smallest absolute Gasteiger partial charge is 0.336 e. The first-order valence-electron chi connectivity index (χ1n) is 10.4. The van der Waals surface area contributed by atoms with Gasteiger partial charge in [0, 0.05) is 53.5 Å².